The Morgan fingerprint density at radius 1 is 1.11 bits per heavy atom. The molecule has 1 aromatic carbocycles. The van der Waals surface area contributed by atoms with Crippen molar-refractivity contribution in [1.29, 1.82) is 0 Å². The third-order valence-corrected chi connectivity index (χ3v) is 7.12. The van der Waals surface area contributed by atoms with Gasteiger partial charge in [0.25, 0.3) is 0 Å². The maximum atomic E-state index is 13.5. The van der Waals surface area contributed by atoms with Crippen molar-refractivity contribution in [3.8, 4) is 0 Å². The van der Waals surface area contributed by atoms with Crippen molar-refractivity contribution in [2.75, 3.05) is 6.54 Å². The molecule has 202 valence electrons. The van der Waals surface area contributed by atoms with E-state index in [1.165, 1.54) is 0 Å². The molecule has 2 heterocycles. The van der Waals surface area contributed by atoms with E-state index in [4.69, 9.17) is 0 Å². The molecule has 2 aliphatic heterocycles. The third-order valence-electron chi connectivity index (χ3n) is 7.12. The second kappa shape index (κ2) is 11.9. The van der Waals surface area contributed by atoms with Crippen LogP contribution in [0.4, 0.5) is 0 Å². The minimum atomic E-state index is -0.979. The van der Waals surface area contributed by atoms with Crippen LogP contribution in [0.1, 0.15) is 77.8 Å². The maximum Gasteiger partial charge on any atom is 0.243 e. The van der Waals surface area contributed by atoms with Crippen LogP contribution in [0, 0.1) is 5.41 Å². The molecule has 0 saturated carbocycles. The van der Waals surface area contributed by atoms with E-state index in [9.17, 15) is 14.4 Å². The fraction of sp³-hybridized carbons (Fsp3) is 0.500. The van der Waals surface area contributed by atoms with Gasteiger partial charge in [-0.3, -0.25) is 14.4 Å². The quantitative estimate of drug-likeness (QED) is 0.512. The van der Waals surface area contributed by atoms with Crippen molar-refractivity contribution < 1.29 is 14.4 Å². The summed E-state index contributed by atoms with van der Waals surface area (Å²) in [5, 5.41) is 5.79. The van der Waals surface area contributed by atoms with E-state index in [0.717, 1.165) is 29.8 Å². The smallest absolute Gasteiger partial charge is 0.243 e. The number of hydrogen-bond donors (Lipinski definition) is 2. The Kier molecular flexibility index (Phi) is 8.59. The number of carbonyl (C=O) groups is 3. The van der Waals surface area contributed by atoms with Crippen LogP contribution in [0.2, 0.25) is 0 Å². The topological polar surface area (TPSA) is 103 Å². The molecular weight excluding hydrogens is 478 g/mol. The summed E-state index contributed by atoms with van der Waals surface area (Å²) in [6, 6.07) is 8.51. The molecule has 0 aromatic heterocycles. The highest BCUT2D eigenvalue weighted by Crippen LogP contribution is 2.32. The van der Waals surface area contributed by atoms with Gasteiger partial charge in [0.2, 0.25) is 17.7 Å². The van der Waals surface area contributed by atoms with E-state index < -0.39 is 18.0 Å². The molecule has 1 aromatic rings. The molecule has 38 heavy (non-hydrogen) atoms. The lowest BCUT2D eigenvalue weighted by Crippen LogP contribution is -2.52. The molecule has 1 saturated heterocycles. The molecule has 2 N–H and O–H groups in total. The number of carbonyl (C=O) groups excluding carboxylic acids is 3. The summed E-state index contributed by atoms with van der Waals surface area (Å²) in [4.78, 5) is 50.7. The van der Waals surface area contributed by atoms with Crippen molar-refractivity contribution in [1.82, 2.24) is 15.5 Å². The second-order valence-electron chi connectivity index (χ2n) is 11.5. The fourth-order valence-electron chi connectivity index (χ4n) is 4.95. The van der Waals surface area contributed by atoms with Crippen LogP contribution in [-0.4, -0.2) is 52.8 Å². The van der Waals surface area contributed by atoms with Crippen molar-refractivity contribution in [2.24, 2.45) is 15.4 Å². The van der Waals surface area contributed by atoms with Gasteiger partial charge in [-0.2, -0.15) is 0 Å². The number of aliphatic imine (C=N–C) groups is 2. The van der Waals surface area contributed by atoms with Gasteiger partial charge in [0.1, 0.15) is 6.04 Å². The zero-order valence-corrected chi connectivity index (χ0v) is 22.9. The molecule has 8 nitrogen and oxygen atoms in total. The highest BCUT2D eigenvalue weighted by atomic mass is 16.2. The summed E-state index contributed by atoms with van der Waals surface area (Å²) in [6.07, 6.45) is 9.22. The first-order chi connectivity index (χ1) is 18.1. The summed E-state index contributed by atoms with van der Waals surface area (Å²) >= 11 is 0. The number of rotatable bonds is 9. The van der Waals surface area contributed by atoms with E-state index in [1.807, 2.05) is 60.4 Å². The number of nitrogens with one attached hydrogen (secondary N) is 2. The molecule has 0 radical (unpaired) electrons. The molecule has 1 fully saturated rings. The maximum absolute atomic E-state index is 13.5. The summed E-state index contributed by atoms with van der Waals surface area (Å²) in [6.45, 7) is 8.66. The van der Waals surface area contributed by atoms with Gasteiger partial charge < -0.3 is 15.5 Å². The Labute approximate surface area is 225 Å². The minimum Gasteiger partial charge on any atom is -0.345 e. The van der Waals surface area contributed by atoms with Crippen LogP contribution in [-0.2, 0) is 14.4 Å². The Hall–Kier alpha value is -3.55. The van der Waals surface area contributed by atoms with E-state index >= 15 is 0 Å². The highest BCUT2D eigenvalue weighted by Gasteiger charge is 2.34. The molecule has 0 bridgehead atoms. The van der Waals surface area contributed by atoms with E-state index in [2.05, 4.69) is 41.4 Å². The summed E-state index contributed by atoms with van der Waals surface area (Å²) in [7, 11) is 0. The number of hydrogen-bond acceptors (Lipinski definition) is 5. The Balaban J connectivity index is 1.45. The Morgan fingerprint density at radius 3 is 2.58 bits per heavy atom. The number of fused-ring (bicyclic) bond motifs is 1. The first-order valence-corrected chi connectivity index (χ1v) is 13.6. The van der Waals surface area contributed by atoms with Crippen LogP contribution in [0.25, 0.3) is 0 Å². The number of amidine groups is 1. The molecule has 0 spiro atoms. The van der Waals surface area contributed by atoms with Gasteiger partial charge in [0.05, 0.1) is 29.9 Å². The third kappa shape index (κ3) is 7.05. The molecule has 3 atom stereocenters. The number of likely N-dealkylation sites (tertiary alicyclic amines) is 1. The van der Waals surface area contributed by atoms with Gasteiger partial charge in [0.15, 0.2) is 5.84 Å². The molecule has 0 unspecified atom stereocenters. The summed E-state index contributed by atoms with van der Waals surface area (Å²) in [5.74, 6) is -0.255. The highest BCUT2D eigenvalue weighted by molar-refractivity contribution is 6.15. The molecule has 4 rings (SSSR count). The first kappa shape index (κ1) is 27.5. The zero-order valence-electron chi connectivity index (χ0n) is 22.9. The van der Waals surface area contributed by atoms with Gasteiger partial charge >= 0.3 is 0 Å². The monoisotopic (exact) mass is 517 g/mol. The number of nitrogens with zero attached hydrogens (tertiary/aromatic N) is 3. The van der Waals surface area contributed by atoms with E-state index in [-0.39, 0.29) is 36.1 Å². The Bertz CT molecular complexity index is 1180. The zero-order chi connectivity index (χ0) is 27.3. The lowest BCUT2D eigenvalue weighted by atomic mass is 9.90. The van der Waals surface area contributed by atoms with Crippen LogP contribution in [0.3, 0.4) is 0 Å². The molecular formula is C30H39N5O3. The van der Waals surface area contributed by atoms with E-state index in [1.54, 1.807) is 0 Å². The van der Waals surface area contributed by atoms with Crippen LogP contribution in [0.15, 0.2) is 64.2 Å². The van der Waals surface area contributed by atoms with Gasteiger partial charge in [0, 0.05) is 19.4 Å². The predicted molar refractivity (Wildman–Crippen MR) is 150 cm³/mol. The number of allylic oxidation sites excluding steroid dienone is 4. The molecule has 8 heteroatoms. The second-order valence-corrected chi connectivity index (χ2v) is 11.5. The normalized spacial score (nSPS) is 20.2. The average molecular weight is 518 g/mol. The van der Waals surface area contributed by atoms with Crippen molar-refractivity contribution in [2.45, 2.75) is 84.3 Å². The lowest BCUT2D eigenvalue weighted by Gasteiger charge is -2.28. The lowest BCUT2D eigenvalue weighted by molar-refractivity contribution is -0.137. The largest absolute Gasteiger partial charge is 0.345 e. The number of amides is 3. The van der Waals surface area contributed by atoms with Crippen LogP contribution in [0.5, 0.6) is 0 Å². The van der Waals surface area contributed by atoms with Gasteiger partial charge in [-0.25, -0.2) is 9.98 Å². The standard InChI is InChI=1S/C30H39N5O3/c1-20(28-33-22-13-8-9-14-23(22)34-28)31-29(38)24(32-26(36)16-17-30(2,3)4)19-27(37)35-18-10-15-25(35)21-11-6-5-7-12-21/h5-9,11-13,20,24-25H,10,14-19H2,1-4H3,(H,31,38)(H,32,36)/t20-,24-,25+/m0/s1. The molecule has 1 aliphatic carbocycles. The average Bonchev–Trinajstić information content (AvgIpc) is 3.55. The first-order valence-electron chi connectivity index (χ1n) is 13.6. The van der Waals surface area contributed by atoms with Crippen molar-refractivity contribution in [3.63, 3.8) is 0 Å². The van der Waals surface area contributed by atoms with Gasteiger partial charge in [-0.15, -0.1) is 0 Å². The fourth-order valence-corrected chi connectivity index (χ4v) is 4.95. The van der Waals surface area contributed by atoms with Crippen molar-refractivity contribution >= 4 is 29.3 Å². The summed E-state index contributed by atoms with van der Waals surface area (Å²) < 4.78 is 0. The number of benzene rings is 1. The SMILES string of the molecule is C[C@H](NC(=O)[C@H](CC(=O)N1CCC[C@@H]1c1ccccc1)NC(=O)CCC(C)(C)C)C1=NC2=CC=CCC2=N1. The van der Waals surface area contributed by atoms with Gasteiger partial charge in [-0.1, -0.05) is 63.3 Å². The summed E-state index contributed by atoms with van der Waals surface area (Å²) in [5.41, 5.74) is 2.77. The predicted octanol–water partition coefficient (Wildman–Crippen LogP) is 4.25. The van der Waals surface area contributed by atoms with E-state index in [0.29, 0.717) is 25.2 Å². The van der Waals surface area contributed by atoms with Gasteiger partial charge in [-0.05, 0) is 43.2 Å². The van der Waals surface area contributed by atoms with Crippen LogP contribution >= 0.6 is 0 Å². The van der Waals surface area contributed by atoms with Crippen LogP contribution < -0.4 is 10.6 Å². The molecule has 3 amide bonds. The Morgan fingerprint density at radius 2 is 1.87 bits per heavy atom. The molecule has 3 aliphatic rings. The van der Waals surface area contributed by atoms with Crippen molar-refractivity contribution in [3.05, 3.63) is 59.8 Å². The minimum absolute atomic E-state index is 0.0159.